The van der Waals surface area contributed by atoms with Crippen molar-refractivity contribution in [2.45, 2.75) is 12.8 Å². The van der Waals surface area contributed by atoms with Crippen LogP contribution < -0.4 is 9.47 Å². The van der Waals surface area contributed by atoms with Crippen molar-refractivity contribution in [1.29, 1.82) is 0 Å². The van der Waals surface area contributed by atoms with E-state index in [0.717, 1.165) is 11.1 Å². The van der Waals surface area contributed by atoms with Crippen molar-refractivity contribution in [1.82, 2.24) is 0 Å². The van der Waals surface area contributed by atoms with E-state index < -0.39 is 4.92 Å². The minimum absolute atomic E-state index is 0.0469. The van der Waals surface area contributed by atoms with Gasteiger partial charge in [0.15, 0.2) is 0 Å². The monoisotopic (exact) mass is 421 g/mol. The van der Waals surface area contributed by atoms with Crippen LogP contribution in [0.15, 0.2) is 60.7 Å². The van der Waals surface area contributed by atoms with Gasteiger partial charge in [-0.2, -0.15) is 0 Å². The molecule has 0 saturated heterocycles. The van der Waals surface area contributed by atoms with E-state index in [1.54, 1.807) is 0 Å². The number of aromatic hydroxyl groups is 1. The summed E-state index contributed by atoms with van der Waals surface area (Å²) in [4.78, 5) is 11.1. The Balaban J connectivity index is 1.79. The number of nitrogens with zero attached hydrogens (tertiary/aromatic N) is 1. The van der Waals surface area contributed by atoms with E-state index in [2.05, 4.69) is 0 Å². The van der Waals surface area contributed by atoms with Crippen molar-refractivity contribution in [3.05, 3.63) is 93.0 Å². The first-order chi connectivity index (χ1) is 15.1. The number of rotatable bonds is 1. The summed E-state index contributed by atoms with van der Waals surface area (Å²) in [6, 6.07) is 17.8. The van der Waals surface area contributed by atoms with Gasteiger partial charge < -0.3 is 19.3 Å². The third-order valence-electron chi connectivity index (χ3n) is 5.14. The number of benzene rings is 3. The number of nitro benzene ring substituents is 1. The average Bonchev–Trinajstić information content (AvgIpc) is 2.77. The van der Waals surface area contributed by atoms with E-state index in [9.17, 15) is 15.2 Å². The van der Waals surface area contributed by atoms with Crippen LogP contribution in [0.4, 0.5) is 5.69 Å². The van der Waals surface area contributed by atoms with Gasteiger partial charge in [-0.05, 0) is 23.3 Å². The highest BCUT2D eigenvalue weighted by atomic mass is 16.6. The van der Waals surface area contributed by atoms with Gasteiger partial charge in [-0.25, -0.2) is 0 Å². The molecule has 1 aliphatic rings. The quantitative estimate of drug-likeness (QED) is 0.466. The minimum atomic E-state index is -0.438. The Labute approximate surface area is 180 Å². The van der Waals surface area contributed by atoms with E-state index in [1.807, 2.05) is 48.5 Å². The molecular weight excluding hydrogens is 398 g/mol. The first-order valence-corrected chi connectivity index (χ1v) is 10.1. The number of hydrogen-bond donors (Lipinski definition) is 1. The smallest absolute Gasteiger partial charge is 0.270 e. The summed E-state index contributed by atoms with van der Waals surface area (Å²) in [6.45, 7) is 1.54. The number of para-hydroxylation sites is 2. The molecule has 0 aromatic heterocycles. The Morgan fingerprint density at radius 2 is 1.23 bits per heavy atom. The fourth-order valence-corrected chi connectivity index (χ4v) is 3.63. The van der Waals surface area contributed by atoms with Crippen LogP contribution in [0.3, 0.4) is 0 Å². The SMILES string of the molecule is O=[N+]([O-])c1cc2c(O)c(c1)Cc1ccccc1OCCOCCOc1ccccc1C2. The largest absolute Gasteiger partial charge is 0.507 e. The van der Waals surface area contributed by atoms with Gasteiger partial charge in [0.1, 0.15) is 30.5 Å². The van der Waals surface area contributed by atoms with Crippen LogP contribution in [-0.2, 0) is 17.6 Å². The predicted octanol–water partition coefficient (Wildman–Crippen LogP) is 4.27. The van der Waals surface area contributed by atoms with Crippen molar-refractivity contribution in [3.63, 3.8) is 0 Å². The lowest BCUT2D eigenvalue weighted by Crippen LogP contribution is -2.13. The van der Waals surface area contributed by atoms with Crippen LogP contribution in [-0.4, -0.2) is 36.5 Å². The molecule has 2 bridgehead atoms. The second kappa shape index (κ2) is 9.49. The number of nitro groups is 1. The highest BCUT2D eigenvalue weighted by Gasteiger charge is 2.19. The molecule has 0 radical (unpaired) electrons. The molecule has 7 heteroatoms. The Bertz CT molecular complexity index is 1010. The second-order valence-electron chi connectivity index (χ2n) is 7.25. The number of hydrogen-bond acceptors (Lipinski definition) is 6. The van der Waals surface area contributed by atoms with Gasteiger partial charge >= 0.3 is 0 Å². The second-order valence-corrected chi connectivity index (χ2v) is 7.25. The first kappa shape index (κ1) is 20.7. The van der Waals surface area contributed by atoms with E-state index in [4.69, 9.17) is 14.2 Å². The Hall–Kier alpha value is -3.58. The first-order valence-electron chi connectivity index (χ1n) is 10.1. The zero-order chi connectivity index (χ0) is 21.6. The number of ether oxygens (including phenoxy) is 3. The van der Waals surface area contributed by atoms with Gasteiger partial charge in [0.25, 0.3) is 5.69 Å². The van der Waals surface area contributed by atoms with Crippen molar-refractivity contribution >= 4 is 5.69 Å². The summed E-state index contributed by atoms with van der Waals surface area (Å²) in [7, 11) is 0. The molecule has 3 aromatic carbocycles. The zero-order valence-corrected chi connectivity index (χ0v) is 17.0. The molecule has 3 aromatic rings. The van der Waals surface area contributed by atoms with Crippen molar-refractivity contribution < 1.29 is 24.2 Å². The Morgan fingerprint density at radius 3 is 1.71 bits per heavy atom. The molecule has 160 valence electrons. The molecule has 0 atom stereocenters. The number of phenols is 1. The van der Waals surface area contributed by atoms with Gasteiger partial charge in [-0.3, -0.25) is 10.1 Å². The molecule has 4 rings (SSSR count). The minimum Gasteiger partial charge on any atom is -0.507 e. The standard InChI is InChI=1S/C24H23NO6/c26-24-19-13-17-5-1-3-7-22(17)30-11-9-29-10-12-31-23-8-4-2-6-18(23)14-20(24)16-21(15-19)25(27)28/h1-8,15-16,26H,9-14H2. The summed E-state index contributed by atoms with van der Waals surface area (Å²) >= 11 is 0. The summed E-state index contributed by atoms with van der Waals surface area (Å²) in [5, 5.41) is 22.6. The maximum atomic E-state index is 11.6. The Kier molecular flexibility index (Phi) is 6.33. The van der Waals surface area contributed by atoms with Crippen molar-refractivity contribution in [2.24, 2.45) is 0 Å². The predicted molar refractivity (Wildman–Crippen MR) is 115 cm³/mol. The summed E-state index contributed by atoms with van der Waals surface area (Å²) in [5.41, 5.74) is 2.55. The number of phenolic OH excluding ortho intramolecular Hbond substituents is 1. The molecular formula is C24H23NO6. The molecule has 0 unspecified atom stereocenters. The van der Waals surface area contributed by atoms with Crippen LogP contribution >= 0.6 is 0 Å². The molecule has 0 saturated carbocycles. The van der Waals surface area contributed by atoms with Crippen molar-refractivity contribution in [2.75, 3.05) is 26.4 Å². The fraction of sp³-hybridized carbons (Fsp3) is 0.250. The summed E-state index contributed by atoms with van der Waals surface area (Å²) < 4.78 is 17.3. The van der Waals surface area contributed by atoms with Crippen LogP contribution in [0.2, 0.25) is 0 Å². The lowest BCUT2D eigenvalue weighted by atomic mass is 9.96. The third kappa shape index (κ3) is 4.95. The number of fused-ring (bicyclic) bond motifs is 4. The summed E-state index contributed by atoms with van der Waals surface area (Å²) in [6.07, 6.45) is 0.603. The van der Waals surface area contributed by atoms with Gasteiger partial charge in [0, 0.05) is 36.1 Å². The molecule has 0 fully saturated rings. The van der Waals surface area contributed by atoms with Gasteiger partial charge in [0.2, 0.25) is 0 Å². The Morgan fingerprint density at radius 1 is 0.742 bits per heavy atom. The van der Waals surface area contributed by atoms with Crippen LogP contribution in [0.25, 0.3) is 0 Å². The van der Waals surface area contributed by atoms with Gasteiger partial charge in [0.05, 0.1) is 18.1 Å². The topological polar surface area (TPSA) is 91.1 Å². The summed E-state index contributed by atoms with van der Waals surface area (Å²) in [5.74, 6) is 1.37. The number of non-ortho nitro benzene ring substituents is 1. The van der Waals surface area contributed by atoms with Crippen LogP contribution in [0.5, 0.6) is 17.2 Å². The van der Waals surface area contributed by atoms with Crippen molar-refractivity contribution in [3.8, 4) is 17.2 Å². The van der Waals surface area contributed by atoms with Crippen LogP contribution in [0, 0.1) is 10.1 Å². The van der Waals surface area contributed by atoms with E-state index in [1.165, 1.54) is 12.1 Å². The zero-order valence-electron chi connectivity index (χ0n) is 17.0. The fourth-order valence-electron chi connectivity index (χ4n) is 3.63. The molecule has 0 aliphatic carbocycles. The van der Waals surface area contributed by atoms with E-state index in [0.29, 0.717) is 61.9 Å². The molecule has 1 heterocycles. The lowest BCUT2D eigenvalue weighted by molar-refractivity contribution is -0.385. The van der Waals surface area contributed by atoms with Gasteiger partial charge in [-0.1, -0.05) is 36.4 Å². The molecule has 0 spiro atoms. The van der Waals surface area contributed by atoms with Crippen LogP contribution in [0.1, 0.15) is 22.3 Å². The molecule has 31 heavy (non-hydrogen) atoms. The third-order valence-corrected chi connectivity index (χ3v) is 5.14. The highest BCUT2D eigenvalue weighted by molar-refractivity contribution is 5.54. The van der Waals surface area contributed by atoms with Gasteiger partial charge in [-0.15, -0.1) is 0 Å². The highest BCUT2D eigenvalue weighted by Crippen LogP contribution is 2.35. The maximum absolute atomic E-state index is 11.6. The maximum Gasteiger partial charge on any atom is 0.270 e. The molecule has 7 nitrogen and oxygen atoms in total. The molecule has 0 amide bonds. The van der Waals surface area contributed by atoms with E-state index >= 15 is 0 Å². The molecule has 1 aliphatic heterocycles. The van der Waals surface area contributed by atoms with E-state index in [-0.39, 0.29) is 11.4 Å². The normalized spacial score (nSPS) is 14.5. The molecule has 1 N–H and O–H groups in total. The lowest BCUT2D eigenvalue weighted by Gasteiger charge is -2.16. The average molecular weight is 421 g/mol.